The highest BCUT2D eigenvalue weighted by molar-refractivity contribution is 7.99. The molecule has 0 aromatic carbocycles. The smallest absolute Gasteiger partial charge is 0.165 e. The van der Waals surface area contributed by atoms with Crippen LogP contribution in [0.2, 0.25) is 0 Å². The number of nitrogens with one attached hydrogen (secondary N) is 1. The highest BCUT2D eigenvalue weighted by atomic mass is 32.2. The van der Waals surface area contributed by atoms with Crippen LogP contribution in [0.25, 0.3) is 0 Å². The Morgan fingerprint density at radius 1 is 1.33 bits per heavy atom. The van der Waals surface area contributed by atoms with Gasteiger partial charge < -0.3 is 5.32 Å². The summed E-state index contributed by atoms with van der Waals surface area (Å²) < 4.78 is 2.04. The van der Waals surface area contributed by atoms with Gasteiger partial charge in [-0.3, -0.25) is 0 Å². The maximum absolute atomic E-state index is 4.18. The Morgan fingerprint density at radius 3 is 2.78 bits per heavy atom. The van der Waals surface area contributed by atoms with E-state index in [0.717, 1.165) is 30.6 Å². The zero-order chi connectivity index (χ0) is 12.8. The molecule has 1 fully saturated rings. The van der Waals surface area contributed by atoms with Crippen LogP contribution in [0.15, 0.2) is 0 Å². The summed E-state index contributed by atoms with van der Waals surface area (Å²) in [6.45, 7) is 3.97. The van der Waals surface area contributed by atoms with E-state index in [-0.39, 0.29) is 0 Å². The molecule has 1 saturated carbocycles. The van der Waals surface area contributed by atoms with E-state index in [4.69, 9.17) is 0 Å². The SMILES string of the molecule is CCCNCc1nnnn1C1CCC(SC)CC1. The van der Waals surface area contributed by atoms with Crippen molar-refractivity contribution in [2.75, 3.05) is 12.8 Å². The second kappa shape index (κ2) is 7.09. The summed E-state index contributed by atoms with van der Waals surface area (Å²) in [7, 11) is 0. The number of thioether (sulfide) groups is 1. The van der Waals surface area contributed by atoms with Crippen LogP contribution in [0.4, 0.5) is 0 Å². The minimum atomic E-state index is 0.502. The van der Waals surface area contributed by atoms with Crippen molar-refractivity contribution in [3.05, 3.63) is 5.82 Å². The van der Waals surface area contributed by atoms with E-state index in [1.54, 1.807) is 0 Å². The molecule has 0 aliphatic heterocycles. The summed E-state index contributed by atoms with van der Waals surface area (Å²) in [5, 5.41) is 16.3. The van der Waals surface area contributed by atoms with Crippen LogP contribution in [0.1, 0.15) is 50.9 Å². The van der Waals surface area contributed by atoms with Crippen molar-refractivity contribution < 1.29 is 0 Å². The van der Waals surface area contributed by atoms with Crippen LogP contribution in [-0.2, 0) is 6.54 Å². The number of nitrogens with zero attached hydrogens (tertiary/aromatic N) is 4. The monoisotopic (exact) mass is 269 g/mol. The van der Waals surface area contributed by atoms with Crippen molar-refractivity contribution in [3.63, 3.8) is 0 Å². The average molecular weight is 269 g/mol. The lowest BCUT2D eigenvalue weighted by Crippen LogP contribution is -2.24. The maximum atomic E-state index is 4.18. The van der Waals surface area contributed by atoms with Gasteiger partial charge in [-0.2, -0.15) is 11.8 Å². The summed E-state index contributed by atoms with van der Waals surface area (Å²) in [6, 6.07) is 0.502. The molecule has 1 aliphatic rings. The third-order valence-electron chi connectivity index (χ3n) is 3.59. The predicted molar refractivity (Wildman–Crippen MR) is 74.6 cm³/mol. The molecule has 5 nitrogen and oxygen atoms in total. The lowest BCUT2D eigenvalue weighted by molar-refractivity contribution is 0.320. The molecule has 1 aliphatic carbocycles. The molecule has 1 heterocycles. The van der Waals surface area contributed by atoms with Gasteiger partial charge in [0.25, 0.3) is 0 Å². The largest absolute Gasteiger partial charge is 0.310 e. The summed E-state index contributed by atoms with van der Waals surface area (Å²) >= 11 is 1.99. The van der Waals surface area contributed by atoms with E-state index in [0.29, 0.717) is 6.04 Å². The number of rotatable bonds is 6. The van der Waals surface area contributed by atoms with Crippen molar-refractivity contribution in [1.29, 1.82) is 0 Å². The molecule has 0 radical (unpaired) electrons. The first-order valence-corrected chi connectivity index (χ1v) is 8.14. The molecule has 0 amide bonds. The Bertz CT molecular complexity index is 346. The normalized spacial score (nSPS) is 24.3. The summed E-state index contributed by atoms with van der Waals surface area (Å²) in [4.78, 5) is 0. The first-order valence-electron chi connectivity index (χ1n) is 6.85. The fourth-order valence-corrected chi connectivity index (χ4v) is 3.26. The second-order valence-corrected chi connectivity index (χ2v) is 6.02. The standard InChI is InChI=1S/C12H23N5S/c1-3-8-13-9-12-14-15-16-17(12)10-4-6-11(18-2)7-5-10/h10-11,13H,3-9H2,1-2H3. The van der Waals surface area contributed by atoms with Crippen LogP contribution in [0, 0.1) is 0 Å². The van der Waals surface area contributed by atoms with E-state index < -0.39 is 0 Å². The van der Waals surface area contributed by atoms with Crippen LogP contribution < -0.4 is 5.32 Å². The number of hydrogen-bond donors (Lipinski definition) is 1. The number of hydrogen-bond acceptors (Lipinski definition) is 5. The van der Waals surface area contributed by atoms with Crippen molar-refractivity contribution in [1.82, 2.24) is 25.5 Å². The molecule has 2 rings (SSSR count). The quantitative estimate of drug-likeness (QED) is 0.801. The Morgan fingerprint density at radius 2 is 2.11 bits per heavy atom. The van der Waals surface area contributed by atoms with E-state index in [2.05, 4.69) is 34.0 Å². The fourth-order valence-electron chi connectivity index (χ4n) is 2.51. The number of tetrazole rings is 1. The zero-order valence-corrected chi connectivity index (χ0v) is 12.1. The molecule has 18 heavy (non-hydrogen) atoms. The van der Waals surface area contributed by atoms with Gasteiger partial charge in [-0.25, -0.2) is 4.68 Å². The van der Waals surface area contributed by atoms with Crippen molar-refractivity contribution in [2.45, 2.75) is 56.9 Å². The van der Waals surface area contributed by atoms with Gasteiger partial charge in [0.15, 0.2) is 5.82 Å². The van der Waals surface area contributed by atoms with Crippen LogP contribution in [0.3, 0.4) is 0 Å². The summed E-state index contributed by atoms with van der Waals surface area (Å²) in [5.74, 6) is 0.982. The van der Waals surface area contributed by atoms with E-state index in [1.807, 2.05) is 16.4 Å². The molecular formula is C12H23N5S. The van der Waals surface area contributed by atoms with E-state index >= 15 is 0 Å². The lowest BCUT2D eigenvalue weighted by atomic mass is 9.95. The molecule has 102 valence electrons. The fraction of sp³-hybridized carbons (Fsp3) is 0.917. The first kappa shape index (κ1) is 13.8. The molecule has 0 spiro atoms. The number of aromatic nitrogens is 4. The third kappa shape index (κ3) is 3.45. The van der Waals surface area contributed by atoms with Gasteiger partial charge in [-0.15, -0.1) is 5.10 Å². The van der Waals surface area contributed by atoms with Gasteiger partial charge in [0, 0.05) is 5.25 Å². The van der Waals surface area contributed by atoms with E-state index in [9.17, 15) is 0 Å². The molecule has 0 atom stereocenters. The minimum absolute atomic E-state index is 0.502. The Labute approximate surface area is 113 Å². The van der Waals surface area contributed by atoms with Gasteiger partial charge in [0.05, 0.1) is 12.6 Å². The zero-order valence-electron chi connectivity index (χ0n) is 11.3. The molecule has 0 unspecified atom stereocenters. The second-order valence-electron chi connectivity index (χ2n) is 4.88. The molecule has 0 saturated heterocycles. The van der Waals surface area contributed by atoms with Crippen molar-refractivity contribution in [3.8, 4) is 0 Å². The Kier molecular flexibility index (Phi) is 5.44. The Balaban J connectivity index is 1.90. The molecule has 1 N–H and O–H groups in total. The highest BCUT2D eigenvalue weighted by Crippen LogP contribution is 2.33. The van der Waals surface area contributed by atoms with Gasteiger partial charge >= 0.3 is 0 Å². The highest BCUT2D eigenvalue weighted by Gasteiger charge is 2.24. The van der Waals surface area contributed by atoms with Crippen molar-refractivity contribution >= 4 is 11.8 Å². The molecule has 6 heteroatoms. The topological polar surface area (TPSA) is 55.6 Å². The Hall–Kier alpha value is -0.620. The average Bonchev–Trinajstić information content (AvgIpc) is 2.88. The van der Waals surface area contributed by atoms with Crippen LogP contribution in [-0.4, -0.2) is 38.3 Å². The van der Waals surface area contributed by atoms with Crippen LogP contribution >= 0.6 is 11.8 Å². The van der Waals surface area contributed by atoms with Gasteiger partial charge in [-0.1, -0.05) is 6.92 Å². The van der Waals surface area contributed by atoms with Gasteiger partial charge in [0.1, 0.15) is 0 Å². The predicted octanol–water partition coefficient (Wildman–Crippen LogP) is 2.02. The van der Waals surface area contributed by atoms with Crippen molar-refractivity contribution in [2.24, 2.45) is 0 Å². The van der Waals surface area contributed by atoms with Gasteiger partial charge in [0.2, 0.25) is 0 Å². The van der Waals surface area contributed by atoms with E-state index in [1.165, 1.54) is 25.7 Å². The first-order chi connectivity index (χ1) is 8.85. The maximum Gasteiger partial charge on any atom is 0.165 e. The molecular weight excluding hydrogens is 246 g/mol. The molecule has 1 aromatic heterocycles. The summed E-state index contributed by atoms with van der Waals surface area (Å²) in [6.07, 6.45) is 8.33. The van der Waals surface area contributed by atoms with Crippen LogP contribution in [0.5, 0.6) is 0 Å². The van der Waals surface area contributed by atoms with Gasteiger partial charge in [-0.05, 0) is 55.3 Å². The molecule has 0 bridgehead atoms. The lowest BCUT2D eigenvalue weighted by Gasteiger charge is -2.27. The molecule has 1 aromatic rings. The third-order valence-corrected chi connectivity index (χ3v) is 4.73. The summed E-state index contributed by atoms with van der Waals surface area (Å²) in [5.41, 5.74) is 0. The minimum Gasteiger partial charge on any atom is -0.310 e.